The summed E-state index contributed by atoms with van der Waals surface area (Å²) in [6.07, 6.45) is 1.68. The highest BCUT2D eigenvalue weighted by Gasteiger charge is 2.27. The molecule has 0 atom stereocenters. The van der Waals surface area contributed by atoms with E-state index in [4.69, 9.17) is 0 Å². The predicted octanol–water partition coefficient (Wildman–Crippen LogP) is 0.200. The second-order valence-corrected chi connectivity index (χ2v) is 7.15. The van der Waals surface area contributed by atoms with Crippen LogP contribution in [0.3, 0.4) is 0 Å². The summed E-state index contributed by atoms with van der Waals surface area (Å²) in [5.74, 6) is -1.87. The van der Waals surface area contributed by atoms with Crippen molar-refractivity contribution < 1.29 is 18.0 Å². The van der Waals surface area contributed by atoms with Crippen LogP contribution in [-0.4, -0.2) is 26.3 Å². The molecule has 0 bridgehead atoms. The fraction of sp³-hybridized carbons (Fsp3) is 0.429. The molecular formula is C14H19N3O4S. The zero-order valence-electron chi connectivity index (χ0n) is 12.7. The highest BCUT2D eigenvalue weighted by atomic mass is 32.2. The lowest BCUT2D eigenvalue weighted by Gasteiger charge is -2.13. The number of carbonyl (C=O) groups is 2. The zero-order valence-corrected chi connectivity index (χ0v) is 13.5. The number of hydrazine groups is 1. The first kappa shape index (κ1) is 16.4. The van der Waals surface area contributed by atoms with Gasteiger partial charge in [-0.2, -0.15) is 0 Å². The largest absolute Gasteiger partial charge is 0.345 e. The van der Waals surface area contributed by atoms with Crippen LogP contribution in [0.25, 0.3) is 0 Å². The third kappa shape index (κ3) is 3.83. The monoisotopic (exact) mass is 325 g/mol. The summed E-state index contributed by atoms with van der Waals surface area (Å²) >= 11 is 0. The fourth-order valence-electron chi connectivity index (χ4n) is 2.29. The van der Waals surface area contributed by atoms with Gasteiger partial charge in [-0.3, -0.25) is 15.0 Å². The Morgan fingerprint density at radius 3 is 2.09 bits per heavy atom. The van der Waals surface area contributed by atoms with E-state index in [0.29, 0.717) is 11.1 Å². The van der Waals surface area contributed by atoms with Crippen LogP contribution in [0, 0.1) is 20.8 Å². The van der Waals surface area contributed by atoms with E-state index in [-0.39, 0.29) is 10.9 Å². The maximum atomic E-state index is 12.3. The molecule has 0 heterocycles. The molecule has 0 aliphatic heterocycles. The summed E-state index contributed by atoms with van der Waals surface area (Å²) in [5.41, 5.74) is 4.02. The van der Waals surface area contributed by atoms with E-state index < -0.39 is 21.8 Å². The van der Waals surface area contributed by atoms with Crippen molar-refractivity contribution in [2.24, 2.45) is 0 Å². The molecule has 0 unspecified atom stereocenters. The van der Waals surface area contributed by atoms with E-state index in [2.05, 4.69) is 5.32 Å². The molecule has 1 saturated carbocycles. The van der Waals surface area contributed by atoms with Crippen molar-refractivity contribution in [2.75, 3.05) is 0 Å². The van der Waals surface area contributed by atoms with Gasteiger partial charge in [0, 0.05) is 6.04 Å². The van der Waals surface area contributed by atoms with Gasteiger partial charge in [0.2, 0.25) is 0 Å². The minimum absolute atomic E-state index is 0.0245. The molecule has 1 aliphatic rings. The SMILES string of the molecule is Cc1cc(C)c(S(=O)(=O)NNC(=O)C(=O)NC2CC2)c(C)c1. The first-order valence-electron chi connectivity index (χ1n) is 6.91. The summed E-state index contributed by atoms with van der Waals surface area (Å²) in [5, 5.41) is 2.47. The molecule has 3 N–H and O–H groups in total. The van der Waals surface area contributed by atoms with Gasteiger partial charge in [-0.1, -0.05) is 17.7 Å². The van der Waals surface area contributed by atoms with Gasteiger partial charge in [-0.05, 0) is 44.7 Å². The number of sulfonamides is 1. The Kier molecular flexibility index (Phi) is 4.52. The second-order valence-electron chi connectivity index (χ2n) is 5.54. The van der Waals surface area contributed by atoms with E-state index in [1.807, 2.05) is 17.2 Å². The third-order valence-electron chi connectivity index (χ3n) is 3.29. The zero-order chi connectivity index (χ0) is 16.5. The molecule has 0 aromatic heterocycles. The summed E-state index contributed by atoms with van der Waals surface area (Å²) in [4.78, 5) is 25.1. The molecule has 7 nitrogen and oxygen atoms in total. The predicted molar refractivity (Wildman–Crippen MR) is 80.3 cm³/mol. The number of aryl methyl sites for hydroxylation is 3. The van der Waals surface area contributed by atoms with Crippen molar-refractivity contribution in [1.82, 2.24) is 15.6 Å². The van der Waals surface area contributed by atoms with Gasteiger partial charge < -0.3 is 5.32 Å². The first-order chi connectivity index (χ1) is 10.2. The Balaban J connectivity index is 2.08. The van der Waals surface area contributed by atoms with Crippen molar-refractivity contribution in [2.45, 2.75) is 44.6 Å². The van der Waals surface area contributed by atoms with Crippen LogP contribution < -0.4 is 15.6 Å². The first-order valence-corrected chi connectivity index (χ1v) is 8.39. The molecule has 1 aromatic carbocycles. The molecular weight excluding hydrogens is 306 g/mol. The quantitative estimate of drug-likeness (QED) is 0.543. The van der Waals surface area contributed by atoms with Crippen LogP contribution in [0.4, 0.5) is 0 Å². The molecule has 1 aromatic rings. The average molecular weight is 325 g/mol. The molecule has 0 saturated heterocycles. The van der Waals surface area contributed by atoms with Crippen LogP contribution in [0.2, 0.25) is 0 Å². The number of benzene rings is 1. The van der Waals surface area contributed by atoms with Gasteiger partial charge >= 0.3 is 11.8 Å². The second kappa shape index (κ2) is 6.05. The topological polar surface area (TPSA) is 104 Å². The number of carbonyl (C=O) groups excluding carboxylic acids is 2. The van der Waals surface area contributed by atoms with Crippen molar-refractivity contribution >= 4 is 21.8 Å². The number of nitrogens with one attached hydrogen (secondary N) is 3. The normalized spacial score (nSPS) is 14.5. The van der Waals surface area contributed by atoms with Crippen LogP contribution in [0.15, 0.2) is 17.0 Å². The van der Waals surface area contributed by atoms with E-state index in [1.165, 1.54) is 0 Å². The van der Waals surface area contributed by atoms with Crippen LogP contribution >= 0.6 is 0 Å². The Morgan fingerprint density at radius 1 is 1.05 bits per heavy atom. The van der Waals surface area contributed by atoms with Crippen LogP contribution in [-0.2, 0) is 19.6 Å². The molecule has 1 aliphatic carbocycles. The molecule has 1 fully saturated rings. The van der Waals surface area contributed by atoms with E-state index in [1.54, 1.807) is 26.0 Å². The Morgan fingerprint density at radius 2 is 1.59 bits per heavy atom. The standard InChI is InChI=1S/C14H19N3O4S/c1-8-6-9(2)12(10(3)7-8)22(20,21)17-16-14(19)13(18)15-11-4-5-11/h6-7,11,17H,4-5H2,1-3H3,(H,15,18)(H,16,19). The van der Waals surface area contributed by atoms with Crippen molar-refractivity contribution in [3.05, 3.63) is 28.8 Å². The molecule has 0 radical (unpaired) electrons. The fourth-order valence-corrected chi connectivity index (χ4v) is 3.59. The smallest absolute Gasteiger partial charge is 0.324 e. The number of amides is 2. The Bertz CT molecular complexity index is 701. The summed E-state index contributed by atoms with van der Waals surface area (Å²) in [6, 6.07) is 3.50. The maximum Gasteiger partial charge on any atom is 0.324 e. The van der Waals surface area contributed by atoms with Gasteiger partial charge in [0.1, 0.15) is 0 Å². The number of rotatable bonds is 4. The van der Waals surface area contributed by atoms with Crippen molar-refractivity contribution in [3.8, 4) is 0 Å². The van der Waals surface area contributed by atoms with E-state index in [0.717, 1.165) is 18.4 Å². The van der Waals surface area contributed by atoms with Gasteiger partial charge in [0.05, 0.1) is 4.90 Å². The minimum atomic E-state index is -3.94. The van der Waals surface area contributed by atoms with Gasteiger partial charge in [0.25, 0.3) is 10.0 Å². The van der Waals surface area contributed by atoms with Gasteiger partial charge in [-0.15, -0.1) is 4.83 Å². The lowest BCUT2D eigenvalue weighted by atomic mass is 10.1. The van der Waals surface area contributed by atoms with Crippen LogP contribution in [0.5, 0.6) is 0 Å². The van der Waals surface area contributed by atoms with Gasteiger partial charge in [0.15, 0.2) is 0 Å². The van der Waals surface area contributed by atoms with Crippen molar-refractivity contribution in [1.29, 1.82) is 0 Å². The molecule has 8 heteroatoms. The van der Waals surface area contributed by atoms with E-state index in [9.17, 15) is 18.0 Å². The average Bonchev–Trinajstić information content (AvgIpc) is 3.18. The van der Waals surface area contributed by atoms with E-state index >= 15 is 0 Å². The highest BCUT2D eigenvalue weighted by Crippen LogP contribution is 2.21. The molecule has 22 heavy (non-hydrogen) atoms. The summed E-state index contributed by atoms with van der Waals surface area (Å²) in [6.45, 7) is 5.22. The lowest BCUT2D eigenvalue weighted by molar-refractivity contribution is -0.139. The molecule has 2 amide bonds. The molecule has 120 valence electrons. The Labute approximate surface area is 129 Å². The number of hydrogen-bond donors (Lipinski definition) is 3. The number of hydrogen-bond acceptors (Lipinski definition) is 4. The van der Waals surface area contributed by atoms with Crippen LogP contribution in [0.1, 0.15) is 29.5 Å². The Hall–Kier alpha value is -1.93. The van der Waals surface area contributed by atoms with Crippen molar-refractivity contribution in [3.63, 3.8) is 0 Å². The molecule has 2 rings (SSSR count). The van der Waals surface area contributed by atoms with Gasteiger partial charge in [-0.25, -0.2) is 8.42 Å². The summed E-state index contributed by atoms with van der Waals surface area (Å²) < 4.78 is 24.6. The lowest BCUT2D eigenvalue weighted by Crippen LogP contribution is -2.49. The molecule has 0 spiro atoms. The third-order valence-corrected chi connectivity index (χ3v) is 4.84. The highest BCUT2D eigenvalue weighted by molar-refractivity contribution is 7.89. The minimum Gasteiger partial charge on any atom is -0.345 e. The maximum absolute atomic E-state index is 12.3. The summed E-state index contributed by atoms with van der Waals surface area (Å²) in [7, 11) is -3.94.